The predicted molar refractivity (Wildman–Crippen MR) is 70.5 cm³/mol. The zero-order valence-corrected chi connectivity index (χ0v) is 11.6. The van der Waals surface area contributed by atoms with Gasteiger partial charge in [-0.1, -0.05) is 12.2 Å². The normalized spacial score (nSPS) is 18.1. The summed E-state index contributed by atoms with van der Waals surface area (Å²) in [6.45, 7) is 5.19. The van der Waals surface area contributed by atoms with E-state index < -0.39 is 21.8 Å². The first-order chi connectivity index (χ1) is 9.22. The maximum atomic E-state index is 13.6. The topological polar surface area (TPSA) is 83.5 Å². The second kappa shape index (κ2) is 4.99. The van der Waals surface area contributed by atoms with Crippen LogP contribution in [0.4, 0.5) is 4.39 Å². The summed E-state index contributed by atoms with van der Waals surface area (Å²) in [5, 5.41) is 8.95. The van der Waals surface area contributed by atoms with Crippen molar-refractivity contribution in [2.24, 2.45) is 5.92 Å². The van der Waals surface area contributed by atoms with Crippen molar-refractivity contribution in [2.45, 2.75) is 18.2 Å². The van der Waals surface area contributed by atoms with Crippen LogP contribution in [0.2, 0.25) is 0 Å². The Balaban J connectivity index is 2.31. The highest BCUT2D eigenvalue weighted by Gasteiger charge is 2.29. The number of sulfonamides is 1. The van der Waals surface area contributed by atoms with Gasteiger partial charge in [-0.05, 0) is 37.0 Å². The van der Waals surface area contributed by atoms with Crippen molar-refractivity contribution < 1.29 is 22.7 Å². The summed E-state index contributed by atoms with van der Waals surface area (Å²) < 4.78 is 40.0. The second-order valence-electron chi connectivity index (χ2n) is 4.79. The van der Waals surface area contributed by atoms with E-state index in [1.54, 1.807) is 0 Å². The maximum Gasteiger partial charge on any atom is 0.336 e. The van der Waals surface area contributed by atoms with E-state index in [4.69, 9.17) is 5.11 Å². The van der Waals surface area contributed by atoms with Crippen molar-refractivity contribution in [3.05, 3.63) is 41.2 Å². The smallest absolute Gasteiger partial charge is 0.336 e. The number of hydrogen-bond donors (Lipinski definition) is 2. The number of aromatic carboxylic acids is 1. The molecule has 5 nitrogen and oxygen atoms in total. The molecule has 0 bridgehead atoms. The Morgan fingerprint density at radius 2 is 2.15 bits per heavy atom. The van der Waals surface area contributed by atoms with E-state index >= 15 is 0 Å². The molecule has 1 unspecified atom stereocenters. The average Bonchev–Trinajstić information content (AvgIpc) is 3.06. The summed E-state index contributed by atoms with van der Waals surface area (Å²) >= 11 is 0. The van der Waals surface area contributed by atoms with Gasteiger partial charge in [-0.15, -0.1) is 0 Å². The lowest BCUT2D eigenvalue weighted by Crippen LogP contribution is -2.26. The Morgan fingerprint density at radius 3 is 2.65 bits per heavy atom. The number of nitrogens with one attached hydrogen (secondary N) is 1. The molecule has 1 atom stereocenters. The van der Waals surface area contributed by atoms with E-state index in [0.717, 1.165) is 24.1 Å². The highest BCUT2D eigenvalue weighted by Crippen LogP contribution is 2.35. The predicted octanol–water partition coefficient (Wildman–Crippen LogP) is 1.69. The SMILES string of the molecule is C=C1CC1CNS(=O)(=O)c1cc(F)c(C)c(C(=O)O)c1. The lowest BCUT2D eigenvalue weighted by Gasteiger charge is -2.09. The Hall–Kier alpha value is -1.73. The Kier molecular flexibility index (Phi) is 3.66. The molecule has 2 N–H and O–H groups in total. The van der Waals surface area contributed by atoms with Gasteiger partial charge in [-0.3, -0.25) is 0 Å². The van der Waals surface area contributed by atoms with Gasteiger partial charge >= 0.3 is 5.97 Å². The molecular formula is C13H14FNO4S. The molecule has 1 aromatic rings. The van der Waals surface area contributed by atoms with Gasteiger partial charge in [0.25, 0.3) is 0 Å². The third kappa shape index (κ3) is 2.88. The van der Waals surface area contributed by atoms with E-state index in [1.165, 1.54) is 6.92 Å². The first-order valence-electron chi connectivity index (χ1n) is 5.93. The Bertz CT molecular complexity index is 697. The van der Waals surface area contributed by atoms with Gasteiger partial charge in [-0.25, -0.2) is 22.3 Å². The van der Waals surface area contributed by atoms with Gasteiger partial charge in [0.05, 0.1) is 10.5 Å². The summed E-state index contributed by atoms with van der Waals surface area (Å²) in [6, 6.07) is 1.79. The van der Waals surface area contributed by atoms with Gasteiger partial charge in [0, 0.05) is 6.54 Å². The van der Waals surface area contributed by atoms with Gasteiger partial charge in [0.15, 0.2) is 0 Å². The largest absolute Gasteiger partial charge is 0.478 e. The summed E-state index contributed by atoms with van der Waals surface area (Å²) in [6.07, 6.45) is 0.769. The molecule has 0 heterocycles. The van der Waals surface area contributed by atoms with Crippen LogP contribution in [0, 0.1) is 18.7 Å². The minimum atomic E-state index is -3.93. The van der Waals surface area contributed by atoms with Crippen molar-refractivity contribution in [1.82, 2.24) is 4.72 Å². The molecule has 1 aliphatic rings. The van der Waals surface area contributed by atoms with Gasteiger partial charge in [0.1, 0.15) is 5.82 Å². The molecule has 0 aromatic heterocycles. The van der Waals surface area contributed by atoms with Gasteiger partial charge < -0.3 is 5.11 Å². The molecule has 0 aliphatic heterocycles. The summed E-state index contributed by atoms with van der Waals surface area (Å²) in [4.78, 5) is 10.6. The second-order valence-corrected chi connectivity index (χ2v) is 6.56. The monoisotopic (exact) mass is 299 g/mol. The van der Waals surface area contributed by atoms with Crippen LogP contribution in [-0.2, 0) is 10.0 Å². The van der Waals surface area contributed by atoms with Gasteiger partial charge in [-0.2, -0.15) is 0 Å². The molecule has 1 saturated carbocycles. The molecule has 0 spiro atoms. The van der Waals surface area contributed by atoms with Crippen molar-refractivity contribution in [3.63, 3.8) is 0 Å². The number of carbonyl (C=O) groups is 1. The molecule has 108 valence electrons. The lowest BCUT2D eigenvalue weighted by atomic mass is 10.1. The first kappa shape index (κ1) is 14.7. The van der Waals surface area contributed by atoms with Crippen LogP contribution in [0.3, 0.4) is 0 Å². The zero-order chi connectivity index (χ0) is 15.1. The van der Waals surface area contributed by atoms with E-state index in [9.17, 15) is 17.6 Å². The zero-order valence-electron chi connectivity index (χ0n) is 10.8. The van der Waals surface area contributed by atoms with Gasteiger partial charge in [0.2, 0.25) is 10.0 Å². The van der Waals surface area contributed by atoms with Crippen molar-refractivity contribution in [1.29, 1.82) is 0 Å². The third-order valence-corrected chi connectivity index (χ3v) is 4.71. The van der Waals surface area contributed by atoms with Crippen LogP contribution in [0.5, 0.6) is 0 Å². The maximum absolute atomic E-state index is 13.6. The molecule has 1 fully saturated rings. The number of benzene rings is 1. The number of hydrogen-bond acceptors (Lipinski definition) is 3. The summed E-state index contributed by atoms with van der Waals surface area (Å²) in [5.74, 6) is -2.12. The minimum Gasteiger partial charge on any atom is -0.478 e. The Labute approximate surface area is 116 Å². The third-order valence-electron chi connectivity index (χ3n) is 3.30. The number of carboxylic acid groups (broad SMARTS) is 1. The Morgan fingerprint density at radius 1 is 1.55 bits per heavy atom. The molecule has 1 aromatic carbocycles. The van der Waals surface area contributed by atoms with E-state index in [-0.39, 0.29) is 28.5 Å². The standard InChI is InChI=1S/C13H14FNO4S/c1-7-3-9(7)6-15-20(18,19)10-4-11(13(16)17)8(2)12(14)5-10/h4-5,9,15H,1,3,6H2,2H3,(H,16,17). The molecule has 20 heavy (non-hydrogen) atoms. The molecule has 0 saturated heterocycles. The fourth-order valence-corrected chi connectivity index (χ4v) is 2.92. The van der Waals surface area contributed by atoms with Crippen molar-refractivity contribution in [3.8, 4) is 0 Å². The fourth-order valence-electron chi connectivity index (χ4n) is 1.80. The lowest BCUT2D eigenvalue weighted by molar-refractivity contribution is 0.0695. The number of rotatable bonds is 5. The summed E-state index contributed by atoms with van der Waals surface area (Å²) in [7, 11) is -3.93. The van der Waals surface area contributed by atoms with E-state index in [1.807, 2.05) is 0 Å². The highest BCUT2D eigenvalue weighted by atomic mass is 32.2. The van der Waals surface area contributed by atoms with Crippen LogP contribution in [0.25, 0.3) is 0 Å². The number of halogens is 1. The van der Waals surface area contributed by atoms with Crippen LogP contribution in [0.15, 0.2) is 29.2 Å². The molecule has 1 aliphatic carbocycles. The van der Waals surface area contributed by atoms with Crippen molar-refractivity contribution >= 4 is 16.0 Å². The van der Waals surface area contributed by atoms with Crippen LogP contribution in [-0.4, -0.2) is 26.0 Å². The molecule has 0 amide bonds. The summed E-state index contributed by atoms with van der Waals surface area (Å²) in [5.41, 5.74) is 0.516. The number of carboxylic acids is 1. The van der Waals surface area contributed by atoms with E-state index in [0.29, 0.717) is 0 Å². The quantitative estimate of drug-likeness (QED) is 0.810. The highest BCUT2D eigenvalue weighted by molar-refractivity contribution is 7.89. The minimum absolute atomic E-state index is 0.0907. The average molecular weight is 299 g/mol. The fraction of sp³-hybridized carbons (Fsp3) is 0.308. The molecule has 0 radical (unpaired) electrons. The molecule has 7 heteroatoms. The van der Waals surface area contributed by atoms with Crippen LogP contribution < -0.4 is 4.72 Å². The van der Waals surface area contributed by atoms with Crippen LogP contribution >= 0.6 is 0 Å². The first-order valence-corrected chi connectivity index (χ1v) is 7.41. The van der Waals surface area contributed by atoms with Crippen LogP contribution in [0.1, 0.15) is 22.3 Å². The van der Waals surface area contributed by atoms with Crippen molar-refractivity contribution in [2.75, 3.05) is 6.54 Å². The molecule has 2 rings (SSSR count). The van der Waals surface area contributed by atoms with E-state index in [2.05, 4.69) is 11.3 Å². The molecular weight excluding hydrogens is 285 g/mol.